The summed E-state index contributed by atoms with van der Waals surface area (Å²) in [6.07, 6.45) is 3.68. The van der Waals surface area contributed by atoms with Crippen molar-refractivity contribution in [3.63, 3.8) is 0 Å². The molecule has 1 aliphatic rings. The molecule has 1 aliphatic carbocycles. The van der Waals surface area contributed by atoms with Gasteiger partial charge in [-0.2, -0.15) is 0 Å². The van der Waals surface area contributed by atoms with Crippen LogP contribution in [0.5, 0.6) is 5.75 Å². The number of ether oxygens (including phenoxy) is 1. The zero-order chi connectivity index (χ0) is 14.8. The lowest BCUT2D eigenvalue weighted by Crippen LogP contribution is -2.18. The van der Waals surface area contributed by atoms with Crippen LogP contribution in [0.3, 0.4) is 0 Å². The summed E-state index contributed by atoms with van der Waals surface area (Å²) in [5, 5.41) is 4.09. The molecule has 0 saturated carbocycles. The van der Waals surface area contributed by atoms with E-state index in [-0.39, 0.29) is 6.04 Å². The summed E-state index contributed by atoms with van der Waals surface area (Å²) in [6.45, 7) is 0. The van der Waals surface area contributed by atoms with Gasteiger partial charge in [0.05, 0.1) is 13.2 Å². The van der Waals surface area contributed by atoms with E-state index in [0.29, 0.717) is 5.02 Å². The van der Waals surface area contributed by atoms with Crippen LogP contribution in [0, 0.1) is 0 Å². The Morgan fingerprint density at radius 3 is 2.67 bits per heavy atom. The van der Waals surface area contributed by atoms with Gasteiger partial charge in [0.1, 0.15) is 5.75 Å². The van der Waals surface area contributed by atoms with Crippen LogP contribution in [-0.2, 0) is 12.8 Å². The van der Waals surface area contributed by atoms with Crippen molar-refractivity contribution in [1.29, 1.82) is 0 Å². The Bertz CT molecular complexity index is 654. The van der Waals surface area contributed by atoms with Crippen molar-refractivity contribution < 1.29 is 4.74 Å². The highest BCUT2D eigenvalue weighted by atomic mass is 35.5. The maximum absolute atomic E-state index is 6.07. The summed E-state index contributed by atoms with van der Waals surface area (Å²) in [5.41, 5.74) is 5.37. The Morgan fingerprint density at radius 1 is 1.10 bits per heavy atom. The Balaban J connectivity index is 2.02. The van der Waals surface area contributed by atoms with E-state index in [9.17, 15) is 0 Å². The molecule has 0 aromatic heterocycles. The molecular weight excluding hydrogens is 282 g/mol. The SMILES string of the molecule is CNC(c1ccc2c(c1)CCC2)c1ccc(Cl)cc1OC. The molecule has 1 atom stereocenters. The average molecular weight is 302 g/mol. The second kappa shape index (κ2) is 6.08. The number of hydrogen-bond acceptors (Lipinski definition) is 2. The third-order valence-electron chi connectivity index (χ3n) is 4.25. The van der Waals surface area contributed by atoms with Gasteiger partial charge in [0, 0.05) is 10.6 Å². The van der Waals surface area contributed by atoms with Crippen LogP contribution >= 0.6 is 11.6 Å². The fourth-order valence-corrected chi connectivity index (χ4v) is 3.36. The largest absolute Gasteiger partial charge is 0.496 e. The maximum Gasteiger partial charge on any atom is 0.125 e. The minimum Gasteiger partial charge on any atom is -0.496 e. The molecule has 110 valence electrons. The van der Waals surface area contributed by atoms with E-state index in [2.05, 4.69) is 23.5 Å². The number of hydrogen-bond donors (Lipinski definition) is 1. The van der Waals surface area contributed by atoms with Gasteiger partial charge in [0.25, 0.3) is 0 Å². The first kappa shape index (κ1) is 14.4. The van der Waals surface area contributed by atoms with Gasteiger partial charge in [-0.25, -0.2) is 0 Å². The van der Waals surface area contributed by atoms with Gasteiger partial charge in [-0.1, -0.05) is 35.9 Å². The van der Waals surface area contributed by atoms with Crippen LogP contribution < -0.4 is 10.1 Å². The normalized spacial score (nSPS) is 14.8. The minimum absolute atomic E-state index is 0.114. The molecule has 0 spiro atoms. The minimum atomic E-state index is 0.114. The lowest BCUT2D eigenvalue weighted by molar-refractivity contribution is 0.405. The van der Waals surface area contributed by atoms with Crippen molar-refractivity contribution in [2.24, 2.45) is 0 Å². The summed E-state index contributed by atoms with van der Waals surface area (Å²) in [7, 11) is 3.66. The number of benzene rings is 2. The predicted molar refractivity (Wildman–Crippen MR) is 87.4 cm³/mol. The smallest absolute Gasteiger partial charge is 0.125 e. The van der Waals surface area contributed by atoms with E-state index < -0.39 is 0 Å². The fourth-order valence-electron chi connectivity index (χ4n) is 3.20. The lowest BCUT2D eigenvalue weighted by atomic mass is 9.95. The second-order valence-corrected chi connectivity index (χ2v) is 5.93. The van der Waals surface area contributed by atoms with Gasteiger partial charge in [-0.15, -0.1) is 0 Å². The first-order chi connectivity index (χ1) is 10.2. The first-order valence-corrected chi connectivity index (χ1v) is 7.73. The van der Waals surface area contributed by atoms with Crippen LogP contribution in [-0.4, -0.2) is 14.2 Å². The molecule has 21 heavy (non-hydrogen) atoms. The molecule has 0 heterocycles. The molecule has 0 radical (unpaired) electrons. The summed E-state index contributed by atoms with van der Waals surface area (Å²) in [4.78, 5) is 0. The maximum atomic E-state index is 6.07. The molecule has 0 fully saturated rings. The Kier molecular flexibility index (Phi) is 4.18. The third-order valence-corrected chi connectivity index (χ3v) is 4.49. The third kappa shape index (κ3) is 2.78. The molecule has 2 aromatic carbocycles. The van der Waals surface area contributed by atoms with E-state index in [1.807, 2.05) is 25.2 Å². The van der Waals surface area contributed by atoms with Crippen molar-refractivity contribution in [2.45, 2.75) is 25.3 Å². The van der Waals surface area contributed by atoms with Gasteiger partial charge in [-0.05, 0) is 55.1 Å². The van der Waals surface area contributed by atoms with Crippen LogP contribution in [0.25, 0.3) is 0 Å². The number of methoxy groups -OCH3 is 1. The van der Waals surface area contributed by atoms with Gasteiger partial charge < -0.3 is 10.1 Å². The van der Waals surface area contributed by atoms with Crippen molar-refractivity contribution in [2.75, 3.05) is 14.2 Å². The van der Waals surface area contributed by atoms with Gasteiger partial charge >= 0.3 is 0 Å². The van der Waals surface area contributed by atoms with Gasteiger partial charge in [0.2, 0.25) is 0 Å². The quantitative estimate of drug-likeness (QED) is 0.916. The summed E-state index contributed by atoms with van der Waals surface area (Å²) in [6, 6.07) is 12.8. The Morgan fingerprint density at radius 2 is 1.90 bits per heavy atom. The van der Waals surface area contributed by atoms with E-state index in [1.165, 1.54) is 36.0 Å². The number of halogens is 1. The summed E-state index contributed by atoms with van der Waals surface area (Å²) < 4.78 is 5.50. The van der Waals surface area contributed by atoms with E-state index >= 15 is 0 Å². The monoisotopic (exact) mass is 301 g/mol. The molecule has 0 bridgehead atoms. The van der Waals surface area contributed by atoms with E-state index in [4.69, 9.17) is 16.3 Å². The van der Waals surface area contributed by atoms with Crippen molar-refractivity contribution >= 4 is 11.6 Å². The number of nitrogens with one attached hydrogen (secondary N) is 1. The number of fused-ring (bicyclic) bond motifs is 1. The zero-order valence-corrected chi connectivity index (χ0v) is 13.2. The van der Waals surface area contributed by atoms with Crippen LogP contribution in [0.1, 0.15) is 34.7 Å². The average Bonchev–Trinajstić information content (AvgIpc) is 2.97. The van der Waals surface area contributed by atoms with E-state index in [1.54, 1.807) is 7.11 Å². The zero-order valence-electron chi connectivity index (χ0n) is 12.4. The first-order valence-electron chi connectivity index (χ1n) is 7.35. The molecule has 1 unspecified atom stereocenters. The summed E-state index contributed by atoms with van der Waals surface area (Å²) >= 11 is 6.07. The Labute approximate surface area is 131 Å². The Hall–Kier alpha value is -1.51. The lowest BCUT2D eigenvalue weighted by Gasteiger charge is -2.21. The molecular formula is C18H20ClNO. The highest BCUT2D eigenvalue weighted by Gasteiger charge is 2.19. The van der Waals surface area contributed by atoms with Crippen molar-refractivity contribution in [3.05, 3.63) is 63.7 Å². The van der Waals surface area contributed by atoms with Crippen LogP contribution in [0.4, 0.5) is 0 Å². The van der Waals surface area contributed by atoms with Crippen LogP contribution in [0.2, 0.25) is 5.02 Å². The van der Waals surface area contributed by atoms with Crippen molar-refractivity contribution in [3.8, 4) is 5.75 Å². The number of aryl methyl sites for hydroxylation is 2. The number of rotatable bonds is 4. The predicted octanol–water partition coefficient (Wildman–Crippen LogP) is 4.15. The molecule has 0 aliphatic heterocycles. The molecule has 3 heteroatoms. The second-order valence-electron chi connectivity index (χ2n) is 5.49. The molecule has 1 N–H and O–H groups in total. The summed E-state index contributed by atoms with van der Waals surface area (Å²) in [5.74, 6) is 0.822. The molecule has 3 rings (SSSR count). The molecule has 2 nitrogen and oxygen atoms in total. The fraction of sp³-hybridized carbons (Fsp3) is 0.333. The molecule has 0 saturated heterocycles. The molecule has 0 amide bonds. The topological polar surface area (TPSA) is 21.3 Å². The van der Waals surface area contributed by atoms with Gasteiger partial charge in [-0.3, -0.25) is 0 Å². The highest BCUT2D eigenvalue weighted by Crippen LogP contribution is 2.34. The highest BCUT2D eigenvalue weighted by molar-refractivity contribution is 6.30. The van der Waals surface area contributed by atoms with Crippen LogP contribution in [0.15, 0.2) is 36.4 Å². The standard InChI is InChI=1S/C18H20ClNO/c1-20-18(16-9-8-15(19)11-17(16)21-2)14-7-6-12-4-3-5-13(12)10-14/h6-11,18,20H,3-5H2,1-2H3. The van der Waals surface area contributed by atoms with Crippen molar-refractivity contribution in [1.82, 2.24) is 5.32 Å². The van der Waals surface area contributed by atoms with Gasteiger partial charge in [0.15, 0.2) is 0 Å². The molecule has 2 aromatic rings. The van der Waals surface area contributed by atoms with E-state index in [0.717, 1.165) is 11.3 Å².